The maximum absolute atomic E-state index is 5.49. The van der Waals surface area contributed by atoms with Crippen LogP contribution in [0.1, 0.15) is 45.4 Å². The van der Waals surface area contributed by atoms with Crippen LogP contribution in [0, 0.1) is 5.41 Å². The number of rotatable bonds is 6. The van der Waals surface area contributed by atoms with Gasteiger partial charge in [-0.2, -0.15) is 0 Å². The summed E-state index contributed by atoms with van der Waals surface area (Å²) in [5.74, 6) is 0. The summed E-state index contributed by atoms with van der Waals surface area (Å²) < 4.78 is 5.49. The van der Waals surface area contributed by atoms with Crippen molar-refractivity contribution >= 4 is 0 Å². The standard InChI is InChI=1S/C15H30N2O/c1-3-16-12-15(8-5-4-6-9-15)13-17-10-7-14(11-17)18-2/h14,16H,3-13H2,1-2H3. The second-order valence-electron chi connectivity index (χ2n) is 6.22. The molecule has 3 heteroatoms. The number of nitrogens with one attached hydrogen (secondary N) is 1. The van der Waals surface area contributed by atoms with Crippen molar-refractivity contribution in [1.29, 1.82) is 0 Å². The first-order valence-corrected chi connectivity index (χ1v) is 7.74. The molecule has 0 aromatic rings. The highest BCUT2D eigenvalue weighted by molar-refractivity contribution is 4.90. The maximum atomic E-state index is 5.49. The highest BCUT2D eigenvalue weighted by atomic mass is 16.5. The van der Waals surface area contributed by atoms with Crippen LogP contribution in [0.3, 0.4) is 0 Å². The SMILES string of the molecule is CCNCC1(CN2CCC(OC)C2)CCCCC1. The second-order valence-corrected chi connectivity index (χ2v) is 6.22. The molecule has 1 atom stereocenters. The summed E-state index contributed by atoms with van der Waals surface area (Å²) in [5, 5.41) is 3.60. The quantitative estimate of drug-likeness (QED) is 0.787. The minimum Gasteiger partial charge on any atom is -0.380 e. The molecule has 0 aromatic heterocycles. The highest BCUT2D eigenvalue weighted by Gasteiger charge is 2.35. The molecule has 0 spiro atoms. The minimum atomic E-state index is 0.477. The fourth-order valence-electron chi connectivity index (χ4n) is 3.69. The molecule has 18 heavy (non-hydrogen) atoms. The Bertz CT molecular complexity index is 239. The Morgan fingerprint density at radius 2 is 2.06 bits per heavy atom. The number of hydrogen-bond donors (Lipinski definition) is 1. The maximum Gasteiger partial charge on any atom is 0.0710 e. The number of methoxy groups -OCH3 is 1. The summed E-state index contributed by atoms with van der Waals surface area (Å²) in [5.41, 5.74) is 0.539. The Morgan fingerprint density at radius 1 is 1.28 bits per heavy atom. The largest absolute Gasteiger partial charge is 0.380 e. The van der Waals surface area contributed by atoms with Crippen molar-refractivity contribution in [3.05, 3.63) is 0 Å². The van der Waals surface area contributed by atoms with E-state index in [0.29, 0.717) is 11.5 Å². The molecule has 0 bridgehead atoms. The van der Waals surface area contributed by atoms with E-state index in [1.54, 1.807) is 0 Å². The van der Waals surface area contributed by atoms with E-state index >= 15 is 0 Å². The summed E-state index contributed by atoms with van der Waals surface area (Å²) in [6.45, 7) is 8.17. The predicted molar refractivity (Wildman–Crippen MR) is 75.9 cm³/mol. The van der Waals surface area contributed by atoms with Gasteiger partial charge in [0.05, 0.1) is 6.10 Å². The first-order valence-electron chi connectivity index (χ1n) is 7.74. The van der Waals surface area contributed by atoms with Gasteiger partial charge in [0.25, 0.3) is 0 Å². The van der Waals surface area contributed by atoms with Crippen molar-refractivity contribution in [3.63, 3.8) is 0 Å². The second kappa shape index (κ2) is 6.88. The third kappa shape index (κ3) is 3.69. The summed E-state index contributed by atoms with van der Waals surface area (Å²) in [7, 11) is 1.85. The Kier molecular flexibility index (Phi) is 5.46. The summed E-state index contributed by atoms with van der Waals surface area (Å²) in [6.07, 6.45) is 8.80. The number of nitrogens with zero attached hydrogens (tertiary/aromatic N) is 1. The van der Waals surface area contributed by atoms with E-state index in [1.807, 2.05) is 7.11 Å². The summed E-state index contributed by atoms with van der Waals surface area (Å²) >= 11 is 0. The lowest BCUT2D eigenvalue weighted by molar-refractivity contribution is 0.0838. The molecule has 1 N–H and O–H groups in total. The fourth-order valence-corrected chi connectivity index (χ4v) is 3.69. The molecule has 0 radical (unpaired) electrons. The Balaban J connectivity index is 1.88. The van der Waals surface area contributed by atoms with E-state index in [0.717, 1.165) is 13.1 Å². The lowest BCUT2D eigenvalue weighted by Gasteiger charge is -2.40. The van der Waals surface area contributed by atoms with Crippen molar-refractivity contribution in [3.8, 4) is 0 Å². The molecule has 1 aliphatic carbocycles. The molecule has 2 aliphatic rings. The van der Waals surface area contributed by atoms with Crippen LogP contribution in [0.5, 0.6) is 0 Å². The van der Waals surface area contributed by atoms with Crippen molar-refractivity contribution in [1.82, 2.24) is 10.2 Å². The van der Waals surface area contributed by atoms with Gasteiger partial charge in [0, 0.05) is 33.3 Å². The van der Waals surface area contributed by atoms with Gasteiger partial charge in [0.2, 0.25) is 0 Å². The van der Waals surface area contributed by atoms with Crippen LogP contribution in [-0.4, -0.2) is 50.8 Å². The van der Waals surface area contributed by atoms with Gasteiger partial charge in [-0.15, -0.1) is 0 Å². The van der Waals surface area contributed by atoms with Crippen LogP contribution in [-0.2, 0) is 4.74 Å². The molecule has 1 aliphatic heterocycles. The molecule has 1 saturated carbocycles. The predicted octanol–water partition coefficient (Wildman–Crippen LogP) is 2.27. The zero-order valence-electron chi connectivity index (χ0n) is 12.2. The van der Waals surface area contributed by atoms with E-state index in [2.05, 4.69) is 17.1 Å². The molecule has 2 fully saturated rings. The van der Waals surface area contributed by atoms with Crippen LogP contribution >= 0.6 is 0 Å². The van der Waals surface area contributed by atoms with E-state index in [1.165, 1.54) is 58.2 Å². The van der Waals surface area contributed by atoms with Crippen LogP contribution in [0.2, 0.25) is 0 Å². The summed E-state index contributed by atoms with van der Waals surface area (Å²) in [6, 6.07) is 0. The average molecular weight is 254 g/mol. The monoisotopic (exact) mass is 254 g/mol. The molecule has 1 heterocycles. The van der Waals surface area contributed by atoms with E-state index in [4.69, 9.17) is 4.74 Å². The number of ether oxygens (including phenoxy) is 1. The van der Waals surface area contributed by atoms with Crippen LogP contribution in [0.4, 0.5) is 0 Å². The fraction of sp³-hybridized carbons (Fsp3) is 1.00. The van der Waals surface area contributed by atoms with Gasteiger partial charge in [0.15, 0.2) is 0 Å². The van der Waals surface area contributed by atoms with Crippen molar-refractivity contribution in [2.75, 3.05) is 39.8 Å². The third-order valence-electron chi connectivity index (χ3n) is 4.79. The number of likely N-dealkylation sites (tertiary alicyclic amines) is 1. The first-order chi connectivity index (χ1) is 8.78. The van der Waals surface area contributed by atoms with Crippen LogP contribution in [0.25, 0.3) is 0 Å². The van der Waals surface area contributed by atoms with Gasteiger partial charge >= 0.3 is 0 Å². The Morgan fingerprint density at radius 3 is 2.67 bits per heavy atom. The average Bonchev–Trinajstić information content (AvgIpc) is 2.85. The third-order valence-corrected chi connectivity index (χ3v) is 4.79. The number of hydrogen-bond acceptors (Lipinski definition) is 3. The molecule has 3 nitrogen and oxygen atoms in total. The van der Waals surface area contributed by atoms with Gasteiger partial charge in [-0.05, 0) is 31.2 Å². The minimum absolute atomic E-state index is 0.477. The molecule has 1 unspecified atom stereocenters. The van der Waals surface area contributed by atoms with Gasteiger partial charge in [-0.3, -0.25) is 0 Å². The van der Waals surface area contributed by atoms with E-state index in [9.17, 15) is 0 Å². The molecule has 1 saturated heterocycles. The van der Waals surface area contributed by atoms with Crippen molar-refractivity contribution < 1.29 is 4.74 Å². The zero-order valence-corrected chi connectivity index (χ0v) is 12.2. The van der Waals surface area contributed by atoms with Crippen molar-refractivity contribution in [2.24, 2.45) is 5.41 Å². The van der Waals surface area contributed by atoms with Gasteiger partial charge in [-0.1, -0.05) is 26.2 Å². The topological polar surface area (TPSA) is 24.5 Å². The normalized spacial score (nSPS) is 28.7. The molecular weight excluding hydrogens is 224 g/mol. The van der Waals surface area contributed by atoms with Gasteiger partial charge in [-0.25, -0.2) is 0 Å². The highest BCUT2D eigenvalue weighted by Crippen LogP contribution is 2.37. The van der Waals surface area contributed by atoms with E-state index in [-0.39, 0.29) is 0 Å². The summed E-state index contributed by atoms with van der Waals surface area (Å²) in [4.78, 5) is 2.64. The van der Waals surface area contributed by atoms with Crippen LogP contribution in [0.15, 0.2) is 0 Å². The van der Waals surface area contributed by atoms with Crippen LogP contribution < -0.4 is 5.32 Å². The lowest BCUT2D eigenvalue weighted by Crippen LogP contribution is -2.45. The smallest absolute Gasteiger partial charge is 0.0710 e. The van der Waals surface area contributed by atoms with Gasteiger partial charge in [0.1, 0.15) is 0 Å². The van der Waals surface area contributed by atoms with E-state index < -0.39 is 0 Å². The molecular formula is C15H30N2O. The van der Waals surface area contributed by atoms with Gasteiger partial charge < -0.3 is 15.0 Å². The zero-order chi connectivity index (χ0) is 12.8. The Labute approximate surface area is 112 Å². The first kappa shape index (κ1) is 14.3. The molecule has 0 aromatic carbocycles. The molecule has 106 valence electrons. The molecule has 2 rings (SSSR count). The Hall–Kier alpha value is -0.120. The molecule has 0 amide bonds. The lowest BCUT2D eigenvalue weighted by atomic mass is 9.73. The van der Waals surface area contributed by atoms with Crippen molar-refractivity contribution in [2.45, 2.75) is 51.6 Å².